The number of aryl methyl sites for hydroxylation is 1. The van der Waals surface area contributed by atoms with Crippen molar-refractivity contribution < 1.29 is 26.4 Å². The van der Waals surface area contributed by atoms with Gasteiger partial charge >= 0.3 is 0 Å². The zero-order valence-corrected chi connectivity index (χ0v) is 21.1. The van der Waals surface area contributed by atoms with Crippen LogP contribution in [-0.4, -0.2) is 41.6 Å². The van der Waals surface area contributed by atoms with Crippen LogP contribution in [0.5, 0.6) is 5.75 Å². The first-order chi connectivity index (χ1) is 16.5. The van der Waals surface area contributed by atoms with Gasteiger partial charge in [0.15, 0.2) is 15.9 Å². The lowest BCUT2D eigenvalue weighted by molar-refractivity contribution is -0.128. The molecular formula is C25H26N2O6S2. The van der Waals surface area contributed by atoms with E-state index in [2.05, 4.69) is 5.32 Å². The summed E-state index contributed by atoms with van der Waals surface area (Å²) in [5, 5.41) is 2.84. The van der Waals surface area contributed by atoms with Crippen LogP contribution in [0, 0.1) is 6.92 Å². The number of carbonyl (C=O) groups excluding carboxylic acids is 1. The van der Waals surface area contributed by atoms with Gasteiger partial charge in [-0.05, 0) is 55.8 Å². The van der Waals surface area contributed by atoms with Gasteiger partial charge in [-0.15, -0.1) is 0 Å². The summed E-state index contributed by atoms with van der Waals surface area (Å²) in [6, 6.07) is 19.0. The third kappa shape index (κ3) is 5.18. The predicted molar refractivity (Wildman–Crippen MR) is 133 cm³/mol. The molecule has 3 aromatic carbocycles. The van der Waals surface area contributed by atoms with Gasteiger partial charge in [0.2, 0.25) is 0 Å². The number of ether oxygens (including phenoxy) is 1. The van der Waals surface area contributed by atoms with Crippen LogP contribution in [0.1, 0.15) is 24.1 Å². The Hall–Kier alpha value is -3.37. The van der Waals surface area contributed by atoms with Gasteiger partial charge in [0.05, 0.1) is 28.1 Å². The average Bonchev–Trinajstić information content (AvgIpc) is 2.83. The van der Waals surface area contributed by atoms with E-state index in [9.17, 15) is 21.6 Å². The fraction of sp³-hybridized carbons (Fsp3) is 0.240. The minimum Gasteiger partial charge on any atom is -0.476 e. The molecule has 0 saturated carbocycles. The number of nitrogens with zero attached hydrogens (tertiary/aromatic N) is 1. The Bertz CT molecular complexity index is 1450. The largest absolute Gasteiger partial charge is 0.476 e. The van der Waals surface area contributed by atoms with Crippen molar-refractivity contribution in [2.45, 2.75) is 35.8 Å². The molecule has 0 saturated heterocycles. The van der Waals surface area contributed by atoms with Crippen LogP contribution in [0.15, 0.2) is 82.6 Å². The van der Waals surface area contributed by atoms with E-state index in [0.29, 0.717) is 17.0 Å². The summed E-state index contributed by atoms with van der Waals surface area (Å²) in [6.07, 6.45) is 0.0462. The fourth-order valence-corrected chi connectivity index (χ4v) is 5.90. The second kappa shape index (κ2) is 9.35. The molecule has 1 heterocycles. The van der Waals surface area contributed by atoms with Crippen molar-refractivity contribution >= 4 is 31.5 Å². The number of amides is 1. The maximum atomic E-state index is 13.5. The van der Waals surface area contributed by atoms with E-state index in [-0.39, 0.29) is 16.3 Å². The summed E-state index contributed by atoms with van der Waals surface area (Å²) in [6.45, 7) is 3.43. The summed E-state index contributed by atoms with van der Waals surface area (Å²) in [5.74, 6) is -0.192. The third-order valence-corrected chi connectivity index (χ3v) is 8.73. The Kier molecular flexibility index (Phi) is 6.61. The van der Waals surface area contributed by atoms with Gasteiger partial charge in [-0.2, -0.15) is 0 Å². The Balaban J connectivity index is 1.58. The molecule has 0 radical (unpaired) electrons. The van der Waals surface area contributed by atoms with Crippen LogP contribution < -0.4 is 14.4 Å². The highest BCUT2D eigenvalue weighted by molar-refractivity contribution is 7.92. The molecule has 0 unspecified atom stereocenters. The van der Waals surface area contributed by atoms with Crippen molar-refractivity contribution in [3.8, 4) is 5.75 Å². The molecule has 0 spiro atoms. The van der Waals surface area contributed by atoms with Crippen LogP contribution in [0.3, 0.4) is 0 Å². The number of hydrogen-bond acceptors (Lipinski definition) is 6. The summed E-state index contributed by atoms with van der Waals surface area (Å²) in [5.41, 5.74) is 2.00. The molecule has 0 aliphatic carbocycles. The molecule has 8 nitrogen and oxygen atoms in total. The SMILES string of the molecule is Cc1ccc(S(=O)(=O)N2C[C@@H](C(=O)N[C@H](C)c3ccc(S(C)(=O)=O)cc3)Oc3ccccc32)cc1. The number of sulfonamides is 1. The van der Waals surface area contributed by atoms with E-state index < -0.39 is 37.9 Å². The Morgan fingerprint density at radius 3 is 2.17 bits per heavy atom. The maximum Gasteiger partial charge on any atom is 0.264 e. The first-order valence-electron chi connectivity index (χ1n) is 10.9. The van der Waals surface area contributed by atoms with Crippen molar-refractivity contribution in [3.63, 3.8) is 0 Å². The molecule has 35 heavy (non-hydrogen) atoms. The van der Waals surface area contributed by atoms with Gasteiger partial charge in [-0.25, -0.2) is 16.8 Å². The average molecular weight is 515 g/mol. The van der Waals surface area contributed by atoms with Gasteiger partial charge in [0.1, 0.15) is 5.75 Å². The fourth-order valence-electron chi connectivity index (χ4n) is 3.80. The van der Waals surface area contributed by atoms with E-state index in [0.717, 1.165) is 11.8 Å². The van der Waals surface area contributed by atoms with Crippen molar-refractivity contribution in [1.29, 1.82) is 0 Å². The summed E-state index contributed by atoms with van der Waals surface area (Å²) < 4.78 is 57.4. The Labute approximate surface area is 205 Å². The molecule has 2 atom stereocenters. The van der Waals surface area contributed by atoms with Crippen LogP contribution >= 0.6 is 0 Å². The molecule has 10 heteroatoms. The van der Waals surface area contributed by atoms with Gasteiger partial charge in [-0.3, -0.25) is 9.10 Å². The minimum absolute atomic E-state index is 0.123. The van der Waals surface area contributed by atoms with Crippen molar-refractivity contribution in [3.05, 3.63) is 83.9 Å². The van der Waals surface area contributed by atoms with Crippen molar-refractivity contribution in [2.75, 3.05) is 17.1 Å². The maximum absolute atomic E-state index is 13.5. The lowest BCUT2D eigenvalue weighted by atomic mass is 10.1. The molecule has 184 valence electrons. The van der Waals surface area contributed by atoms with Crippen molar-refractivity contribution in [1.82, 2.24) is 5.32 Å². The quantitative estimate of drug-likeness (QED) is 0.541. The zero-order valence-electron chi connectivity index (χ0n) is 19.5. The van der Waals surface area contributed by atoms with Crippen molar-refractivity contribution in [2.24, 2.45) is 0 Å². The first kappa shape index (κ1) is 24.7. The summed E-state index contributed by atoms with van der Waals surface area (Å²) >= 11 is 0. The number of anilines is 1. The van der Waals surface area contributed by atoms with E-state index >= 15 is 0 Å². The van der Waals surface area contributed by atoms with Crippen LogP contribution in [-0.2, 0) is 24.7 Å². The molecule has 1 aliphatic heterocycles. The topological polar surface area (TPSA) is 110 Å². The lowest BCUT2D eigenvalue weighted by Gasteiger charge is -2.35. The number of benzene rings is 3. The number of carbonyl (C=O) groups is 1. The molecular weight excluding hydrogens is 488 g/mol. The van der Waals surface area contributed by atoms with Crippen LogP contribution in [0.25, 0.3) is 0 Å². The number of nitrogens with one attached hydrogen (secondary N) is 1. The van der Waals surface area contributed by atoms with Gasteiger partial charge in [0.25, 0.3) is 15.9 Å². The third-order valence-electron chi connectivity index (χ3n) is 5.80. The molecule has 0 fully saturated rings. The molecule has 0 bridgehead atoms. The highest BCUT2D eigenvalue weighted by atomic mass is 32.2. The Morgan fingerprint density at radius 1 is 0.943 bits per heavy atom. The van der Waals surface area contributed by atoms with E-state index in [4.69, 9.17) is 4.74 Å². The molecule has 1 aliphatic rings. The van der Waals surface area contributed by atoms with Crippen LogP contribution in [0.4, 0.5) is 5.69 Å². The number of rotatable bonds is 6. The Morgan fingerprint density at radius 2 is 1.54 bits per heavy atom. The number of fused-ring (bicyclic) bond motifs is 1. The standard InChI is InChI=1S/C25H26N2O6S2/c1-17-8-12-21(13-9-17)35(31,32)27-16-24(33-23-7-5-4-6-22(23)27)25(28)26-18(2)19-10-14-20(15-11-19)34(3,29)30/h4-15,18,24H,16H2,1-3H3,(H,26,28)/t18-,24+/m1/s1. The number of hydrogen-bond donors (Lipinski definition) is 1. The zero-order chi connectivity index (χ0) is 25.4. The molecule has 4 rings (SSSR count). The smallest absolute Gasteiger partial charge is 0.264 e. The number of sulfone groups is 1. The second-order valence-corrected chi connectivity index (χ2v) is 12.4. The minimum atomic E-state index is -3.94. The number of para-hydroxylation sites is 2. The van der Waals surface area contributed by atoms with Crippen LogP contribution in [0.2, 0.25) is 0 Å². The molecule has 3 aromatic rings. The van der Waals surface area contributed by atoms with E-state index in [1.807, 2.05) is 6.92 Å². The molecule has 1 N–H and O–H groups in total. The van der Waals surface area contributed by atoms with Gasteiger partial charge in [0, 0.05) is 6.26 Å². The molecule has 1 amide bonds. The normalized spacial score (nSPS) is 16.7. The van der Waals surface area contributed by atoms with Gasteiger partial charge < -0.3 is 10.1 Å². The first-order valence-corrected chi connectivity index (χ1v) is 14.3. The lowest BCUT2D eigenvalue weighted by Crippen LogP contribution is -2.51. The highest BCUT2D eigenvalue weighted by Crippen LogP contribution is 2.37. The second-order valence-electron chi connectivity index (χ2n) is 8.49. The predicted octanol–water partition coefficient (Wildman–Crippen LogP) is 3.23. The highest BCUT2D eigenvalue weighted by Gasteiger charge is 2.37. The summed E-state index contributed by atoms with van der Waals surface area (Å²) in [4.78, 5) is 13.4. The molecule has 0 aromatic heterocycles. The van der Waals surface area contributed by atoms with E-state index in [1.165, 1.54) is 16.4 Å². The monoisotopic (exact) mass is 514 g/mol. The van der Waals surface area contributed by atoms with E-state index in [1.54, 1.807) is 67.6 Å². The summed E-state index contributed by atoms with van der Waals surface area (Å²) in [7, 11) is -7.27. The van der Waals surface area contributed by atoms with Gasteiger partial charge in [-0.1, -0.05) is 42.0 Å².